The van der Waals surface area contributed by atoms with Gasteiger partial charge >= 0.3 is 5.97 Å². The van der Waals surface area contributed by atoms with E-state index in [1.807, 2.05) is 36.7 Å². The van der Waals surface area contributed by atoms with Gasteiger partial charge in [0.05, 0.1) is 47.7 Å². The number of carbonyl (C=O) groups is 1. The van der Waals surface area contributed by atoms with Gasteiger partial charge in [0.1, 0.15) is 18.2 Å². The molecule has 3 aromatic carbocycles. The Morgan fingerprint density at radius 3 is 2.68 bits per heavy atom. The van der Waals surface area contributed by atoms with Crippen molar-refractivity contribution in [3.63, 3.8) is 0 Å². The van der Waals surface area contributed by atoms with Gasteiger partial charge in [-0.1, -0.05) is 36.4 Å². The number of carboxylic acids is 1. The molecule has 2 aliphatic heterocycles. The number of aryl methyl sites for hydroxylation is 1. The average Bonchev–Trinajstić information content (AvgIpc) is 3.72. The van der Waals surface area contributed by atoms with Crippen molar-refractivity contribution in [1.29, 1.82) is 0 Å². The van der Waals surface area contributed by atoms with Crippen molar-refractivity contribution in [3.05, 3.63) is 113 Å². The Hall–Kier alpha value is -5.48. The number of imidazole rings is 1. The number of fused-ring (bicyclic) bond motifs is 7. The lowest BCUT2D eigenvalue weighted by Crippen LogP contribution is -2.31. The van der Waals surface area contributed by atoms with Gasteiger partial charge in [-0.15, -0.1) is 0 Å². The SMILES string of the molecule is O=C(O)c1ccc2nc(Cc3ccc4cc3OCCCc3cc(-c5cn[nH]c5)ccc3COc3cccc-4n3)n(C[C@@H]3CCO3)c2c1. The van der Waals surface area contributed by atoms with Crippen LogP contribution in [0, 0.1) is 0 Å². The van der Waals surface area contributed by atoms with Crippen LogP contribution in [0.2, 0.25) is 0 Å². The molecule has 1 saturated heterocycles. The molecule has 10 nitrogen and oxygen atoms in total. The number of hydrogen-bond acceptors (Lipinski definition) is 7. The molecule has 0 aliphatic carbocycles. The van der Waals surface area contributed by atoms with E-state index < -0.39 is 5.97 Å². The number of pyridine rings is 1. The lowest BCUT2D eigenvalue weighted by Gasteiger charge is -2.27. The van der Waals surface area contributed by atoms with Crippen molar-refractivity contribution in [1.82, 2.24) is 24.7 Å². The summed E-state index contributed by atoms with van der Waals surface area (Å²) in [6.07, 6.45) is 6.89. The lowest BCUT2D eigenvalue weighted by atomic mass is 9.98. The van der Waals surface area contributed by atoms with E-state index in [2.05, 4.69) is 45.1 Å². The van der Waals surface area contributed by atoms with Crippen LogP contribution in [-0.4, -0.2) is 55.1 Å². The molecule has 236 valence electrons. The third-order valence-corrected chi connectivity index (χ3v) is 8.95. The maximum atomic E-state index is 11.8. The number of aromatic carboxylic acids is 1. The van der Waals surface area contributed by atoms with E-state index in [0.717, 1.165) is 82.0 Å². The molecule has 3 aromatic heterocycles. The predicted octanol–water partition coefficient (Wildman–Crippen LogP) is 6.47. The van der Waals surface area contributed by atoms with E-state index >= 15 is 0 Å². The van der Waals surface area contributed by atoms with Crippen molar-refractivity contribution in [3.8, 4) is 34.0 Å². The molecule has 0 amide bonds. The van der Waals surface area contributed by atoms with Crippen molar-refractivity contribution in [2.45, 2.75) is 44.9 Å². The van der Waals surface area contributed by atoms with Crippen LogP contribution in [0.15, 0.2) is 85.2 Å². The van der Waals surface area contributed by atoms with E-state index in [9.17, 15) is 9.90 Å². The highest BCUT2D eigenvalue weighted by Gasteiger charge is 2.23. The number of aromatic amines is 1. The topological polar surface area (TPSA) is 124 Å². The number of carboxylic acid groups (broad SMARTS) is 1. The summed E-state index contributed by atoms with van der Waals surface area (Å²) >= 11 is 0. The number of hydrogen-bond donors (Lipinski definition) is 2. The molecule has 0 radical (unpaired) electrons. The third kappa shape index (κ3) is 5.95. The van der Waals surface area contributed by atoms with Crippen molar-refractivity contribution in [2.24, 2.45) is 0 Å². The molecule has 1 fully saturated rings. The maximum Gasteiger partial charge on any atom is 0.335 e. The summed E-state index contributed by atoms with van der Waals surface area (Å²) in [6, 6.07) is 23.5. The highest BCUT2D eigenvalue weighted by Crippen LogP contribution is 2.32. The van der Waals surface area contributed by atoms with Crippen LogP contribution in [-0.2, 0) is 30.7 Å². The summed E-state index contributed by atoms with van der Waals surface area (Å²) in [5, 5.41) is 16.7. The molecule has 5 heterocycles. The fourth-order valence-corrected chi connectivity index (χ4v) is 6.28. The van der Waals surface area contributed by atoms with Gasteiger partial charge in [-0.25, -0.2) is 14.8 Å². The first-order chi connectivity index (χ1) is 23.1. The van der Waals surface area contributed by atoms with Crippen molar-refractivity contribution >= 4 is 17.0 Å². The molecule has 2 N–H and O–H groups in total. The maximum absolute atomic E-state index is 11.8. The van der Waals surface area contributed by atoms with Crippen LogP contribution in [0.1, 0.15) is 45.7 Å². The van der Waals surface area contributed by atoms with E-state index in [0.29, 0.717) is 32.1 Å². The summed E-state index contributed by atoms with van der Waals surface area (Å²) in [7, 11) is 0. The van der Waals surface area contributed by atoms with Gasteiger partial charge in [-0.05, 0) is 66.3 Å². The number of nitrogens with one attached hydrogen (secondary N) is 1. The molecule has 0 saturated carbocycles. The van der Waals surface area contributed by atoms with Gasteiger partial charge in [0.15, 0.2) is 0 Å². The van der Waals surface area contributed by atoms with Crippen LogP contribution < -0.4 is 9.47 Å². The third-order valence-electron chi connectivity index (χ3n) is 8.95. The Balaban J connectivity index is 1.14. The molecule has 4 bridgehead atoms. The van der Waals surface area contributed by atoms with Gasteiger partial charge < -0.3 is 23.9 Å². The number of benzene rings is 3. The second kappa shape index (κ2) is 12.4. The highest BCUT2D eigenvalue weighted by molar-refractivity contribution is 5.92. The first-order valence-electron chi connectivity index (χ1n) is 15.9. The summed E-state index contributed by atoms with van der Waals surface area (Å²) < 4.78 is 20.6. The zero-order chi connectivity index (χ0) is 31.7. The minimum atomic E-state index is -0.963. The van der Waals surface area contributed by atoms with Gasteiger partial charge in [0.2, 0.25) is 5.88 Å². The summed E-state index contributed by atoms with van der Waals surface area (Å²) in [5.41, 5.74) is 8.93. The smallest absolute Gasteiger partial charge is 0.335 e. The second-order valence-corrected chi connectivity index (χ2v) is 12.0. The summed E-state index contributed by atoms with van der Waals surface area (Å²) in [4.78, 5) is 21.6. The van der Waals surface area contributed by atoms with Crippen LogP contribution >= 0.6 is 0 Å². The molecular formula is C37H33N5O5. The Bertz CT molecular complexity index is 2080. The molecule has 2 aliphatic rings. The molecule has 10 heteroatoms. The fraction of sp³-hybridized carbons (Fsp3) is 0.243. The van der Waals surface area contributed by atoms with Gasteiger partial charge in [0, 0.05) is 42.0 Å². The van der Waals surface area contributed by atoms with E-state index in [-0.39, 0.29) is 11.7 Å². The number of rotatable bonds is 6. The molecule has 0 unspecified atom stereocenters. The quantitative estimate of drug-likeness (QED) is 0.215. The van der Waals surface area contributed by atoms with E-state index in [1.54, 1.807) is 18.2 Å². The molecule has 0 spiro atoms. The fourth-order valence-electron chi connectivity index (χ4n) is 6.28. The van der Waals surface area contributed by atoms with Crippen molar-refractivity contribution in [2.75, 3.05) is 13.2 Å². The van der Waals surface area contributed by atoms with E-state index in [4.69, 9.17) is 24.2 Å². The van der Waals surface area contributed by atoms with Gasteiger partial charge in [0.25, 0.3) is 0 Å². The normalized spacial score (nSPS) is 16.0. The number of aromatic nitrogens is 5. The average molecular weight is 628 g/mol. The van der Waals surface area contributed by atoms with Crippen molar-refractivity contribution < 1.29 is 24.1 Å². The first kappa shape index (κ1) is 29.0. The zero-order valence-electron chi connectivity index (χ0n) is 25.7. The van der Waals surface area contributed by atoms with Crippen LogP contribution in [0.4, 0.5) is 0 Å². The van der Waals surface area contributed by atoms with Crippen LogP contribution in [0.25, 0.3) is 33.4 Å². The van der Waals surface area contributed by atoms with Gasteiger partial charge in [-0.2, -0.15) is 5.10 Å². The zero-order valence-corrected chi connectivity index (χ0v) is 25.7. The van der Waals surface area contributed by atoms with Gasteiger partial charge in [-0.3, -0.25) is 5.10 Å². The molecule has 47 heavy (non-hydrogen) atoms. The Morgan fingerprint density at radius 1 is 0.936 bits per heavy atom. The highest BCUT2D eigenvalue weighted by atomic mass is 16.5. The Morgan fingerprint density at radius 2 is 1.85 bits per heavy atom. The summed E-state index contributed by atoms with van der Waals surface area (Å²) in [5.74, 6) is 1.20. The summed E-state index contributed by atoms with van der Waals surface area (Å²) in [6.45, 7) is 2.29. The molecule has 6 aromatic rings. The Kier molecular flexibility index (Phi) is 7.62. The number of ether oxygens (including phenoxy) is 3. The van der Waals surface area contributed by atoms with E-state index in [1.165, 1.54) is 5.56 Å². The largest absolute Gasteiger partial charge is 0.493 e. The van der Waals surface area contributed by atoms with Crippen LogP contribution in [0.5, 0.6) is 11.6 Å². The molecular weight excluding hydrogens is 594 g/mol. The monoisotopic (exact) mass is 627 g/mol. The number of H-pyrrole nitrogens is 1. The minimum Gasteiger partial charge on any atom is -0.493 e. The standard InChI is InChI=1S/C37H33N5O5/c43-37(44)27-10-11-32-33(16-27)42(21-30-12-14-45-30)35(40-32)18-26-8-7-25-17-34(26)46-13-2-3-23-15-24(29-19-38-39-20-29)6-9-28(23)22-47-36-5-1-4-31(25)41-36/h1,4-11,15-17,19-20,30H,2-3,12-14,18,21-22H2,(H,38,39)(H,43,44)/t30-/m0/s1. The minimum absolute atomic E-state index is 0.0776. The Labute approximate surface area is 271 Å². The van der Waals surface area contributed by atoms with Crippen LogP contribution in [0.3, 0.4) is 0 Å². The second-order valence-electron chi connectivity index (χ2n) is 12.0. The predicted molar refractivity (Wildman–Crippen MR) is 176 cm³/mol. The molecule has 1 atom stereocenters. The number of nitrogens with zero attached hydrogens (tertiary/aromatic N) is 4. The molecule has 8 rings (SSSR count). The first-order valence-corrected chi connectivity index (χ1v) is 15.9. The lowest BCUT2D eigenvalue weighted by molar-refractivity contribution is -0.0589.